The highest BCUT2D eigenvalue weighted by molar-refractivity contribution is 5.56. The summed E-state index contributed by atoms with van der Waals surface area (Å²) in [5.74, 6) is 0. The minimum absolute atomic E-state index is 0.355. The summed E-state index contributed by atoms with van der Waals surface area (Å²) in [5.41, 5.74) is 1.09. The Kier molecular flexibility index (Phi) is 3.50. The molecule has 1 aromatic heterocycles. The molecule has 17 heavy (non-hydrogen) atoms. The zero-order valence-corrected chi connectivity index (χ0v) is 8.22. The lowest BCUT2D eigenvalue weighted by Crippen LogP contribution is -2.14. The van der Waals surface area contributed by atoms with Crippen molar-refractivity contribution < 1.29 is 22.0 Å². The van der Waals surface area contributed by atoms with E-state index < -0.39 is 41.5 Å². The van der Waals surface area contributed by atoms with Crippen LogP contribution in [0, 0.1) is 11.3 Å². The fourth-order valence-electron chi connectivity index (χ4n) is 1.27. The first-order valence-corrected chi connectivity index (χ1v) is 4.28. The van der Waals surface area contributed by atoms with Crippen LogP contribution in [0.2, 0.25) is 0 Å². The van der Waals surface area contributed by atoms with Crippen molar-refractivity contribution in [1.29, 1.82) is 5.26 Å². The van der Waals surface area contributed by atoms with Crippen LogP contribution in [0.15, 0.2) is 6.20 Å². The lowest BCUT2D eigenvalue weighted by Gasteiger charge is -2.14. The van der Waals surface area contributed by atoms with Crippen molar-refractivity contribution in [3.8, 4) is 6.07 Å². The summed E-state index contributed by atoms with van der Waals surface area (Å²) in [6, 6.07) is 1.53. The molecule has 0 aliphatic carbocycles. The van der Waals surface area contributed by atoms with Gasteiger partial charge in [0.2, 0.25) is 0 Å². The van der Waals surface area contributed by atoms with E-state index in [0.717, 1.165) is 0 Å². The van der Waals surface area contributed by atoms with Crippen LogP contribution in [0.1, 0.15) is 23.2 Å². The molecule has 0 saturated heterocycles. The third-order valence-corrected chi connectivity index (χ3v) is 2.01. The van der Waals surface area contributed by atoms with Crippen LogP contribution < -0.4 is 5.73 Å². The van der Waals surface area contributed by atoms with Gasteiger partial charge in [0, 0.05) is 6.20 Å². The number of alkyl halides is 5. The molecule has 0 amide bonds. The average Bonchev–Trinajstić information content (AvgIpc) is 2.15. The predicted octanol–water partition coefficient (Wildman–Crippen LogP) is 2.69. The van der Waals surface area contributed by atoms with Gasteiger partial charge in [0.15, 0.2) is 0 Å². The van der Waals surface area contributed by atoms with Crippen LogP contribution in [0.25, 0.3) is 0 Å². The Morgan fingerprint density at radius 3 is 2.41 bits per heavy atom. The summed E-state index contributed by atoms with van der Waals surface area (Å²) in [5, 5.41) is 8.35. The molecule has 1 aromatic rings. The maximum Gasteiger partial charge on any atom is 0.419 e. The van der Waals surface area contributed by atoms with E-state index in [1.807, 2.05) is 0 Å². The van der Waals surface area contributed by atoms with E-state index in [2.05, 4.69) is 4.98 Å². The van der Waals surface area contributed by atoms with Crippen molar-refractivity contribution in [2.75, 3.05) is 5.73 Å². The number of rotatable bonds is 2. The topological polar surface area (TPSA) is 62.7 Å². The van der Waals surface area contributed by atoms with Crippen molar-refractivity contribution in [2.45, 2.75) is 19.0 Å². The summed E-state index contributed by atoms with van der Waals surface area (Å²) < 4.78 is 62.3. The van der Waals surface area contributed by atoms with Gasteiger partial charge in [-0.2, -0.15) is 18.4 Å². The first kappa shape index (κ1) is 13.2. The van der Waals surface area contributed by atoms with Crippen LogP contribution in [0.3, 0.4) is 0 Å². The van der Waals surface area contributed by atoms with Gasteiger partial charge in [-0.05, 0) is 0 Å². The number of nitrogen functional groups attached to an aromatic ring is 1. The Balaban J connectivity index is 3.45. The molecular formula is C9H6F5N3. The Morgan fingerprint density at radius 1 is 1.41 bits per heavy atom. The molecule has 92 valence electrons. The van der Waals surface area contributed by atoms with E-state index in [9.17, 15) is 22.0 Å². The minimum Gasteiger partial charge on any atom is -0.398 e. The molecule has 0 aliphatic rings. The zero-order chi connectivity index (χ0) is 13.2. The first-order valence-electron chi connectivity index (χ1n) is 4.28. The van der Waals surface area contributed by atoms with Crippen molar-refractivity contribution in [3.05, 3.63) is 23.0 Å². The van der Waals surface area contributed by atoms with Crippen LogP contribution in [0.4, 0.5) is 27.6 Å². The largest absolute Gasteiger partial charge is 0.419 e. The average molecular weight is 251 g/mol. The van der Waals surface area contributed by atoms with Crippen molar-refractivity contribution >= 4 is 5.69 Å². The van der Waals surface area contributed by atoms with E-state index in [1.165, 1.54) is 6.07 Å². The van der Waals surface area contributed by atoms with E-state index in [4.69, 9.17) is 11.0 Å². The molecule has 0 bridgehead atoms. The van der Waals surface area contributed by atoms with Crippen LogP contribution in [0.5, 0.6) is 0 Å². The number of halogens is 5. The molecule has 0 fully saturated rings. The van der Waals surface area contributed by atoms with E-state index in [0.29, 0.717) is 6.20 Å². The molecule has 0 atom stereocenters. The number of nitrogens with two attached hydrogens (primary N) is 1. The van der Waals surface area contributed by atoms with Crippen molar-refractivity contribution in [2.24, 2.45) is 0 Å². The molecule has 0 saturated carbocycles. The van der Waals surface area contributed by atoms with Gasteiger partial charge in [0.25, 0.3) is 6.43 Å². The Morgan fingerprint density at radius 2 is 2.00 bits per heavy atom. The van der Waals surface area contributed by atoms with Gasteiger partial charge in [-0.1, -0.05) is 0 Å². The normalized spacial score (nSPS) is 11.6. The number of aromatic nitrogens is 1. The highest BCUT2D eigenvalue weighted by Crippen LogP contribution is 2.38. The minimum atomic E-state index is -4.86. The fraction of sp³-hybridized carbons (Fsp3) is 0.333. The summed E-state index contributed by atoms with van der Waals surface area (Å²) in [6.07, 6.45) is -8.24. The Labute approximate surface area is 92.7 Å². The van der Waals surface area contributed by atoms with Gasteiger partial charge in [0.1, 0.15) is 0 Å². The summed E-state index contributed by atoms with van der Waals surface area (Å²) in [6.45, 7) is 0. The lowest BCUT2D eigenvalue weighted by atomic mass is 10.1. The molecule has 0 aromatic carbocycles. The lowest BCUT2D eigenvalue weighted by molar-refractivity contribution is -0.137. The molecule has 2 N–H and O–H groups in total. The quantitative estimate of drug-likeness (QED) is 0.822. The van der Waals surface area contributed by atoms with Crippen LogP contribution in [-0.2, 0) is 12.6 Å². The molecule has 0 aliphatic heterocycles. The fourth-order valence-corrected chi connectivity index (χ4v) is 1.27. The standard InChI is InChI=1S/C9H6F5N3/c10-8(11)6-5(1-2-15)17-3-4(7(6)16)9(12,13)14/h3,8H,1H2,(H2,16,17). The van der Waals surface area contributed by atoms with Crippen LogP contribution >= 0.6 is 0 Å². The molecule has 1 heterocycles. The molecule has 3 nitrogen and oxygen atoms in total. The van der Waals surface area contributed by atoms with Gasteiger partial charge >= 0.3 is 6.18 Å². The molecule has 0 spiro atoms. The van der Waals surface area contributed by atoms with Gasteiger partial charge in [-0.25, -0.2) is 8.78 Å². The zero-order valence-electron chi connectivity index (χ0n) is 8.22. The summed E-state index contributed by atoms with van der Waals surface area (Å²) >= 11 is 0. The first-order chi connectivity index (χ1) is 7.79. The predicted molar refractivity (Wildman–Crippen MR) is 47.9 cm³/mol. The summed E-state index contributed by atoms with van der Waals surface area (Å²) in [4.78, 5) is 3.21. The monoisotopic (exact) mass is 251 g/mol. The maximum absolute atomic E-state index is 12.6. The van der Waals surface area contributed by atoms with Crippen molar-refractivity contribution in [3.63, 3.8) is 0 Å². The van der Waals surface area contributed by atoms with Gasteiger partial charge < -0.3 is 5.73 Å². The third-order valence-electron chi connectivity index (χ3n) is 2.01. The second-order valence-corrected chi connectivity index (χ2v) is 3.08. The van der Waals surface area contributed by atoms with Crippen molar-refractivity contribution in [1.82, 2.24) is 4.98 Å². The van der Waals surface area contributed by atoms with Gasteiger partial charge in [-0.15, -0.1) is 0 Å². The molecule has 1 rings (SSSR count). The smallest absolute Gasteiger partial charge is 0.398 e. The van der Waals surface area contributed by atoms with Gasteiger partial charge in [0.05, 0.1) is 35.0 Å². The molecular weight excluding hydrogens is 245 g/mol. The molecule has 8 heteroatoms. The number of hydrogen-bond donors (Lipinski definition) is 1. The molecule has 0 radical (unpaired) electrons. The number of nitriles is 1. The number of pyridine rings is 1. The third kappa shape index (κ3) is 2.61. The second-order valence-electron chi connectivity index (χ2n) is 3.08. The Bertz CT molecular complexity index is 461. The van der Waals surface area contributed by atoms with Gasteiger partial charge in [-0.3, -0.25) is 4.98 Å². The van der Waals surface area contributed by atoms with E-state index in [1.54, 1.807) is 0 Å². The van der Waals surface area contributed by atoms with Crippen LogP contribution in [-0.4, -0.2) is 4.98 Å². The number of nitrogens with zero attached hydrogens (tertiary/aromatic N) is 2. The summed E-state index contributed by atoms with van der Waals surface area (Å²) in [7, 11) is 0. The Hall–Kier alpha value is -1.91. The maximum atomic E-state index is 12.6. The highest BCUT2D eigenvalue weighted by atomic mass is 19.4. The number of anilines is 1. The SMILES string of the molecule is N#CCc1ncc(C(F)(F)F)c(N)c1C(F)F. The van der Waals surface area contributed by atoms with E-state index >= 15 is 0 Å². The van der Waals surface area contributed by atoms with E-state index in [-0.39, 0.29) is 0 Å². The molecule has 0 unspecified atom stereocenters. The second kappa shape index (κ2) is 4.53. The highest BCUT2D eigenvalue weighted by Gasteiger charge is 2.36. The number of hydrogen-bond acceptors (Lipinski definition) is 3.